The van der Waals surface area contributed by atoms with E-state index < -0.39 is 12.1 Å². The lowest BCUT2D eigenvalue weighted by molar-refractivity contribution is -0.153. The summed E-state index contributed by atoms with van der Waals surface area (Å²) in [5.41, 5.74) is 0.353. The van der Waals surface area contributed by atoms with E-state index in [2.05, 4.69) is 0 Å². The molecule has 1 unspecified atom stereocenters. The van der Waals surface area contributed by atoms with Crippen molar-refractivity contribution in [2.24, 2.45) is 5.92 Å². The summed E-state index contributed by atoms with van der Waals surface area (Å²) in [5.74, 6) is 0.238. The van der Waals surface area contributed by atoms with Crippen LogP contribution < -0.4 is 4.74 Å². The molecule has 1 aliphatic carbocycles. The molecule has 0 bridgehead atoms. The van der Waals surface area contributed by atoms with Gasteiger partial charge in [0.1, 0.15) is 5.75 Å². The molecule has 0 saturated heterocycles. The van der Waals surface area contributed by atoms with Crippen LogP contribution in [0, 0.1) is 5.92 Å². The molecular weight excluding hydrogens is 268 g/mol. The van der Waals surface area contributed by atoms with Crippen molar-refractivity contribution in [3.8, 4) is 5.75 Å². The van der Waals surface area contributed by atoms with Gasteiger partial charge in [-0.2, -0.15) is 0 Å². The average Bonchev–Trinajstić information content (AvgIpc) is 3.20. The van der Waals surface area contributed by atoms with Crippen LogP contribution >= 0.6 is 11.6 Å². The molecule has 19 heavy (non-hydrogen) atoms. The van der Waals surface area contributed by atoms with Gasteiger partial charge in [0.25, 0.3) is 0 Å². The first-order chi connectivity index (χ1) is 9.13. The number of aliphatic hydroxyl groups excluding tert-OH is 1. The molecule has 104 valence electrons. The normalized spacial score (nSPS) is 15.9. The van der Waals surface area contributed by atoms with Crippen LogP contribution in [0.15, 0.2) is 18.2 Å². The quantitative estimate of drug-likeness (QED) is 0.816. The van der Waals surface area contributed by atoms with Crippen molar-refractivity contribution in [1.29, 1.82) is 0 Å². The molecule has 1 N–H and O–H groups in total. The third-order valence-electron chi connectivity index (χ3n) is 2.96. The fraction of sp³-hybridized carbons (Fsp3) is 0.500. The summed E-state index contributed by atoms with van der Waals surface area (Å²) in [6, 6.07) is 4.96. The van der Waals surface area contributed by atoms with Crippen molar-refractivity contribution in [1.82, 2.24) is 0 Å². The summed E-state index contributed by atoms with van der Waals surface area (Å²) in [4.78, 5) is 11.6. The highest BCUT2D eigenvalue weighted by molar-refractivity contribution is 6.32. The van der Waals surface area contributed by atoms with Crippen LogP contribution in [0.1, 0.15) is 31.4 Å². The molecule has 1 aliphatic rings. The van der Waals surface area contributed by atoms with Gasteiger partial charge in [0.2, 0.25) is 0 Å². The van der Waals surface area contributed by atoms with Crippen molar-refractivity contribution in [3.05, 3.63) is 28.8 Å². The zero-order valence-electron chi connectivity index (χ0n) is 10.8. The van der Waals surface area contributed by atoms with Crippen LogP contribution in [0.5, 0.6) is 5.75 Å². The molecule has 0 radical (unpaired) electrons. The first kappa shape index (κ1) is 14.2. The summed E-state index contributed by atoms with van der Waals surface area (Å²) >= 11 is 6.07. The Hall–Kier alpha value is -1.26. The van der Waals surface area contributed by atoms with Gasteiger partial charge in [0.15, 0.2) is 6.10 Å². The second kappa shape index (κ2) is 6.26. The van der Waals surface area contributed by atoms with E-state index in [1.165, 1.54) is 0 Å². The minimum absolute atomic E-state index is 0.217. The maximum Gasteiger partial charge on any atom is 0.339 e. The summed E-state index contributed by atoms with van der Waals surface area (Å²) in [5, 5.41) is 10.4. The van der Waals surface area contributed by atoms with E-state index in [9.17, 15) is 9.90 Å². The third kappa shape index (κ3) is 3.61. The van der Waals surface area contributed by atoms with Crippen LogP contribution in [0.25, 0.3) is 0 Å². The lowest BCUT2D eigenvalue weighted by atomic mass is 10.1. The molecule has 0 spiro atoms. The Labute approximate surface area is 117 Å². The van der Waals surface area contributed by atoms with Gasteiger partial charge < -0.3 is 14.6 Å². The highest BCUT2D eigenvalue weighted by Gasteiger charge is 2.26. The molecule has 2 rings (SSSR count). The Bertz CT molecular complexity index is 457. The topological polar surface area (TPSA) is 55.8 Å². The maximum atomic E-state index is 11.6. The average molecular weight is 285 g/mol. The van der Waals surface area contributed by atoms with E-state index in [1.54, 1.807) is 25.1 Å². The van der Waals surface area contributed by atoms with Crippen LogP contribution in [-0.2, 0) is 9.53 Å². The van der Waals surface area contributed by atoms with E-state index in [4.69, 9.17) is 21.1 Å². The number of ether oxygens (including phenoxy) is 2. The van der Waals surface area contributed by atoms with E-state index in [0.29, 0.717) is 28.9 Å². The van der Waals surface area contributed by atoms with Crippen molar-refractivity contribution < 1.29 is 19.4 Å². The van der Waals surface area contributed by atoms with Gasteiger partial charge in [0, 0.05) is 5.56 Å². The minimum Gasteiger partial charge on any atom is -0.491 e. The van der Waals surface area contributed by atoms with Gasteiger partial charge in [0.05, 0.1) is 18.2 Å². The van der Waals surface area contributed by atoms with Crippen LogP contribution in [0.4, 0.5) is 0 Å². The summed E-state index contributed by atoms with van der Waals surface area (Å²) in [6.45, 7) is 2.47. The van der Waals surface area contributed by atoms with Crippen LogP contribution in [-0.4, -0.2) is 24.3 Å². The number of esters is 1. The Morgan fingerprint density at radius 3 is 2.89 bits per heavy atom. The molecule has 1 fully saturated rings. The monoisotopic (exact) mass is 284 g/mol. The van der Waals surface area contributed by atoms with Gasteiger partial charge in [-0.15, -0.1) is 0 Å². The predicted octanol–water partition coefficient (Wildman–Crippen LogP) is 2.73. The summed E-state index contributed by atoms with van der Waals surface area (Å²) < 4.78 is 10.4. The van der Waals surface area contributed by atoms with Crippen molar-refractivity contribution >= 4 is 17.6 Å². The number of benzene rings is 1. The van der Waals surface area contributed by atoms with E-state index >= 15 is 0 Å². The lowest BCUT2D eigenvalue weighted by Crippen LogP contribution is -2.17. The highest BCUT2D eigenvalue weighted by Crippen LogP contribution is 2.36. The molecule has 1 atom stereocenters. The van der Waals surface area contributed by atoms with Crippen molar-refractivity contribution in [2.45, 2.75) is 25.9 Å². The number of hydrogen-bond donors (Lipinski definition) is 1. The number of halogens is 1. The predicted molar refractivity (Wildman–Crippen MR) is 71.3 cm³/mol. The maximum absolute atomic E-state index is 11.6. The van der Waals surface area contributed by atoms with E-state index in [1.807, 2.05) is 0 Å². The number of hydrogen-bond acceptors (Lipinski definition) is 4. The molecule has 0 aliphatic heterocycles. The minimum atomic E-state index is -1.37. The molecule has 4 nitrogen and oxygen atoms in total. The number of carbonyl (C=O) groups excluding carboxylic acids is 1. The van der Waals surface area contributed by atoms with Gasteiger partial charge in [-0.25, -0.2) is 4.79 Å². The molecule has 1 saturated carbocycles. The van der Waals surface area contributed by atoms with Gasteiger partial charge in [-0.05, 0) is 31.7 Å². The fourth-order valence-electron chi connectivity index (χ4n) is 1.73. The number of carbonyl (C=O) groups is 1. The Kier molecular flexibility index (Phi) is 4.66. The number of para-hydroxylation sites is 1. The zero-order valence-corrected chi connectivity index (χ0v) is 11.5. The molecule has 0 heterocycles. The Morgan fingerprint density at radius 2 is 2.26 bits per heavy atom. The Balaban J connectivity index is 2.17. The van der Waals surface area contributed by atoms with Gasteiger partial charge in [-0.3, -0.25) is 0 Å². The fourth-order valence-corrected chi connectivity index (χ4v) is 1.96. The summed E-state index contributed by atoms with van der Waals surface area (Å²) in [7, 11) is 0. The van der Waals surface area contributed by atoms with Crippen LogP contribution in [0.3, 0.4) is 0 Å². The molecule has 1 aromatic carbocycles. The molecule has 1 aromatic rings. The van der Waals surface area contributed by atoms with Gasteiger partial charge >= 0.3 is 5.97 Å². The standard InChI is InChI=1S/C14H17ClO4/c1-2-18-14(17)12(16)10-4-3-5-11(15)13(10)19-8-9-6-7-9/h3-5,9,12,16H,2,6-8H2,1H3. The second-order valence-corrected chi connectivity index (χ2v) is 4.97. The summed E-state index contributed by atoms with van der Waals surface area (Å²) in [6.07, 6.45) is 0.938. The SMILES string of the molecule is CCOC(=O)C(O)c1cccc(Cl)c1OCC1CC1. The molecular formula is C14H17ClO4. The smallest absolute Gasteiger partial charge is 0.339 e. The van der Waals surface area contributed by atoms with Gasteiger partial charge in [-0.1, -0.05) is 23.7 Å². The number of aliphatic hydroxyl groups is 1. The second-order valence-electron chi connectivity index (χ2n) is 4.57. The van der Waals surface area contributed by atoms with E-state index in [0.717, 1.165) is 12.8 Å². The largest absolute Gasteiger partial charge is 0.491 e. The van der Waals surface area contributed by atoms with Crippen molar-refractivity contribution in [2.75, 3.05) is 13.2 Å². The molecule has 5 heteroatoms. The lowest BCUT2D eigenvalue weighted by Gasteiger charge is -2.16. The molecule has 0 amide bonds. The third-order valence-corrected chi connectivity index (χ3v) is 3.26. The highest BCUT2D eigenvalue weighted by atomic mass is 35.5. The molecule has 0 aromatic heterocycles. The zero-order chi connectivity index (χ0) is 13.8. The van der Waals surface area contributed by atoms with Crippen LogP contribution in [0.2, 0.25) is 5.02 Å². The first-order valence-electron chi connectivity index (χ1n) is 6.39. The first-order valence-corrected chi connectivity index (χ1v) is 6.77. The van der Waals surface area contributed by atoms with Crippen molar-refractivity contribution in [3.63, 3.8) is 0 Å². The van der Waals surface area contributed by atoms with E-state index in [-0.39, 0.29) is 6.61 Å². The number of rotatable bonds is 6. The Morgan fingerprint density at radius 1 is 1.53 bits per heavy atom.